The average molecular weight is 865 g/mol. The molecule has 0 saturated carbocycles. The van der Waals surface area contributed by atoms with E-state index < -0.39 is 36.4 Å². The molecule has 2 aromatic heterocycles. The Morgan fingerprint density at radius 1 is 0.937 bits per heavy atom. The van der Waals surface area contributed by atoms with E-state index in [1.54, 1.807) is 18.9 Å². The molecule has 3 aliphatic rings. The van der Waals surface area contributed by atoms with Crippen LogP contribution in [0.25, 0.3) is 44.2 Å². The maximum Gasteiger partial charge on any atom is 0.407 e. The normalized spacial score (nSPS) is 20.9. The van der Waals surface area contributed by atoms with E-state index in [2.05, 4.69) is 51.8 Å². The minimum Gasteiger partial charge on any atom is -0.488 e. The topological polar surface area (TPSA) is 213 Å². The molecular formula is C46H56N8O9. The summed E-state index contributed by atoms with van der Waals surface area (Å²) in [6, 6.07) is 11.9. The lowest BCUT2D eigenvalue weighted by atomic mass is 9.92. The van der Waals surface area contributed by atoms with Crippen LogP contribution in [0.4, 0.5) is 9.59 Å². The second-order valence-corrected chi connectivity index (χ2v) is 17.2. The number of methoxy groups -OCH3 is 3. The lowest BCUT2D eigenvalue weighted by Crippen LogP contribution is -2.54. The van der Waals surface area contributed by atoms with Crippen LogP contribution in [0.2, 0.25) is 0 Å². The zero-order valence-electron chi connectivity index (χ0n) is 36.7. The number of likely N-dealkylation sites (tertiary alicyclic amines) is 2. The van der Waals surface area contributed by atoms with Crippen LogP contribution in [0.3, 0.4) is 0 Å². The van der Waals surface area contributed by atoms with Crippen LogP contribution in [0.1, 0.15) is 82.7 Å². The smallest absolute Gasteiger partial charge is 0.407 e. The predicted molar refractivity (Wildman–Crippen MR) is 234 cm³/mol. The minimum atomic E-state index is -1.31. The van der Waals surface area contributed by atoms with Gasteiger partial charge in [-0.2, -0.15) is 0 Å². The predicted octanol–water partition coefficient (Wildman–Crippen LogP) is 6.70. The van der Waals surface area contributed by atoms with E-state index in [0.717, 1.165) is 74.8 Å². The van der Waals surface area contributed by atoms with Crippen molar-refractivity contribution in [2.75, 3.05) is 34.5 Å². The fourth-order valence-electron chi connectivity index (χ4n) is 9.64. The van der Waals surface area contributed by atoms with Crippen LogP contribution >= 0.6 is 0 Å². The first-order chi connectivity index (χ1) is 30.3. The first-order valence-corrected chi connectivity index (χ1v) is 21.6. The van der Waals surface area contributed by atoms with Gasteiger partial charge in [0.15, 0.2) is 0 Å². The second-order valence-electron chi connectivity index (χ2n) is 17.2. The van der Waals surface area contributed by atoms with Gasteiger partial charge in [-0.3, -0.25) is 9.59 Å². The highest BCUT2D eigenvalue weighted by Gasteiger charge is 2.44. The molecule has 0 spiro atoms. The van der Waals surface area contributed by atoms with E-state index in [-0.39, 0.29) is 35.7 Å². The summed E-state index contributed by atoms with van der Waals surface area (Å²) in [7, 11) is 4.36. The van der Waals surface area contributed by atoms with E-state index >= 15 is 0 Å². The van der Waals surface area contributed by atoms with Gasteiger partial charge >= 0.3 is 12.2 Å². The number of imidazole rings is 2. The third-order valence-electron chi connectivity index (χ3n) is 13.0. The molecule has 0 radical (unpaired) electrons. The fourth-order valence-corrected chi connectivity index (χ4v) is 9.64. The molecule has 5 aromatic rings. The van der Waals surface area contributed by atoms with Crippen molar-refractivity contribution in [1.82, 2.24) is 40.4 Å². The number of hydrogen-bond donors (Lipinski definition) is 5. The lowest BCUT2D eigenvalue weighted by molar-refractivity contribution is -0.138. The molecule has 17 heteroatoms. The molecule has 7 atom stereocenters. The number of alkyl carbamates (subject to hydrolysis) is 1. The van der Waals surface area contributed by atoms with Gasteiger partial charge in [-0.15, -0.1) is 0 Å². The van der Waals surface area contributed by atoms with Gasteiger partial charge in [0.05, 0.1) is 54.8 Å². The summed E-state index contributed by atoms with van der Waals surface area (Å²) >= 11 is 0. The molecule has 8 rings (SSSR count). The van der Waals surface area contributed by atoms with Gasteiger partial charge in [0, 0.05) is 43.7 Å². The summed E-state index contributed by atoms with van der Waals surface area (Å²) in [4.78, 5) is 72.3. The largest absolute Gasteiger partial charge is 0.488 e. The summed E-state index contributed by atoms with van der Waals surface area (Å²) in [6.45, 7) is 8.72. The maximum absolute atomic E-state index is 14.0. The molecule has 17 nitrogen and oxygen atoms in total. The number of benzene rings is 3. The zero-order valence-corrected chi connectivity index (χ0v) is 36.7. The number of carbonyl (C=O) groups excluding carboxylic acids is 3. The molecule has 3 aromatic carbocycles. The minimum absolute atomic E-state index is 0.0233. The van der Waals surface area contributed by atoms with Gasteiger partial charge in [0.2, 0.25) is 11.8 Å². The van der Waals surface area contributed by atoms with E-state index in [0.29, 0.717) is 37.8 Å². The van der Waals surface area contributed by atoms with Crippen LogP contribution in [0.5, 0.6) is 5.75 Å². The van der Waals surface area contributed by atoms with Gasteiger partial charge in [0.1, 0.15) is 36.1 Å². The lowest BCUT2D eigenvalue weighted by Gasteiger charge is -2.34. The van der Waals surface area contributed by atoms with Gasteiger partial charge in [0.25, 0.3) is 0 Å². The molecule has 5 N–H and O–H groups in total. The molecule has 3 aliphatic heterocycles. The van der Waals surface area contributed by atoms with Crippen LogP contribution < -0.4 is 15.4 Å². The van der Waals surface area contributed by atoms with Crippen LogP contribution in [-0.4, -0.2) is 118 Å². The number of hydrogen-bond acceptors (Lipinski definition) is 10. The Morgan fingerprint density at radius 3 is 2.46 bits per heavy atom. The monoisotopic (exact) mass is 864 g/mol. The third-order valence-corrected chi connectivity index (χ3v) is 13.0. The van der Waals surface area contributed by atoms with Crippen LogP contribution in [0.15, 0.2) is 48.7 Å². The van der Waals surface area contributed by atoms with Gasteiger partial charge in [-0.05, 0) is 84.9 Å². The third kappa shape index (κ3) is 8.26. The Morgan fingerprint density at radius 2 is 1.75 bits per heavy atom. The van der Waals surface area contributed by atoms with Crippen molar-refractivity contribution in [1.29, 1.82) is 0 Å². The highest BCUT2D eigenvalue weighted by Crippen LogP contribution is 2.44. The van der Waals surface area contributed by atoms with Crippen molar-refractivity contribution in [3.8, 4) is 28.1 Å². The number of amides is 4. The van der Waals surface area contributed by atoms with Crippen LogP contribution in [-0.2, 0) is 30.4 Å². The van der Waals surface area contributed by atoms with Crippen molar-refractivity contribution in [3.05, 3.63) is 65.9 Å². The van der Waals surface area contributed by atoms with E-state index in [4.69, 9.17) is 28.9 Å². The number of ether oxygens (including phenoxy) is 4. The van der Waals surface area contributed by atoms with E-state index in [1.807, 2.05) is 43.1 Å². The Balaban J connectivity index is 1.06. The molecule has 334 valence electrons. The second kappa shape index (κ2) is 17.9. The molecule has 63 heavy (non-hydrogen) atoms. The Bertz CT molecular complexity index is 2540. The number of carboxylic acid groups (broad SMARTS) is 1. The summed E-state index contributed by atoms with van der Waals surface area (Å²) in [5.74, 6) is 1.40. The highest BCUT2D eigenvalue weighted by molar-refractivity contribution is 6.07. The van der Waals surface area contributed by atoms with Crippen molar-refractivity contribution in [3.63, 3.8) is 0 Å². The average Bonchev–Trinajstić information content (AvgIpc) is 4.11. The number of aromatic amines is 2. The van der Waals surface area contributed by atoms with Gasteiger partial charge in [-0.25, -0.2) is 19.6 Å². The molecule has 2 saturated heterocycles. The summed E-state index contributed by atoms with van der Waals surface area (Å²) < 4.78 is 22.1. The standard InChI is InChI=1S/C46H56N8O9/c1-8-29-11-14-35(54(29)44(56)38(23(2)3)52-46(59)62-7)41-47-19-34(49-41)27-9-12-30-28(16-27)22-63-37-18-31-26(17-32(30)37)10-13-33-40(31)50-42(48-33)36-15-25(21-60-5)20-53(36)43(55)39(24(4)61-6)51-45(57)58/h9-10,12-13,16-19,23-25,29,35-36,38-39,51H,8,11,14-15,20-22H2,1-7H3,(H,47,49)(H,48,50)(H,52,59)(H,57,58)/t24-,25+,29+,35+,36+,38+,39-/m1/s1. The number of carbonyl (C=O) groups is 4. The number of nitrogens with zero attached hydrogens (tertiary/aromatic N) is 4. The zero-order chi connectivity index (χ0) is 44.7. The number of aromatic nitrogens is 4. The van der Waals surface area contributed by atoms with Crippen molar-refractivity contribution >= 4 is 45.8 Å². The molecule has 0 aliphatic carbocycles. The van der Waals surface area contributed by atoms with Crippen molar-refractivity contribution in [2.45, 2.75) is 96.3 Å². The first kappa shape index (κ1) is 43.4. The van der Waals surface area contributed by atoms with Crippen LogP contribution in [0, 0.1) is 11.8 Å². The highest BCUT2D eigenvalue weighted by atomic mass is 16.5. The summed E-state index contributed by atoms with van der Waals surface area (Å²) in [5, 5.41) is 16.5. The van der Waals surface area contributed by atoms with Gasteiger partial charge < -0.3 is 54.5 Å². The number of fused-ring (bicyclic) bond motifs is 6. The molecule has 0 bridgehead atoms. The molecule has 0 unspecified atom stereocenters. The summed E-state index contributed by atoms with van der Waals surface area (Å²) in [6.07, 6.45) is 2.13. The quantitative estimate of drug-likeness (QED) is 0.0841. The SMILES string of the molecule is CC[C@H]1CC[C@@H](c2ncc(-c3ccc4c(c3)COc3cc5c(ccc6[nH]c([C@@H]7C[C@H](COC)CN7C(=O)[C@H](NC(=O)O)[C@@H](C)OC)nc65)cc3-4)[nH]2)N1C(=O)[C@@H](NC(=O)OC)C(C)C. The first-order valence-electron chi connectivity index (χ1n) is 21.6. The Kier molecular flexibility index (Phi) is 12.3. The van der Waals surface area contributed by atoms with Crippen molar-refractivity contribution < 1.29 is 43.2 Å². The number of H-pyrrole nitrogens is 2. The maximum atomic E-state index is 14.0. The number of rotatable bonds is 13. The molecule has 5 heterocycles. The van der Waals surface area contributed by atoms with E-state index in [1.165, 1.54) is 14.2 Å². The molecule has 2 fully saturated rings. The van der Waals surface area contributed by atoms with Gasteiger partial charge in [-0.1, -0.05) is 39.0 Å². The Hall–Kier alpha value is -6.20. The number of nitrogens with one attached hydrogen (secondary N) is 4. The molecular weight excluding hydrogens is 809 g/mol. The Labute approximate surface area is 365 Å². The summed E-state index contributed by atoms with van der Waals surface area (Å²) in [5.41, 5.74) is 6.35. The van der Waals surface area contributed by atoms with E-state index in [9.17, 15) is 24.3 Å². The van der Waals surface area contributed by atoms with Crippen molar-refractivity contribution in [2.24, 2.45) is 11.8 Å². The molecule has 4 amide bonds. The fraction of sp³-hybridized carbons (Fsp3) is 0.478.